The number of hydrogen-bond donors (Lipinski definition) is 2. The largest absolute Gasteiger partial charge is 0.405 e. The highest BCUT2D eigenvalue weighted by Crippen LogP contribution is 2.11. The van der Waals surface area contributed by atoms with E-state index in [1.807, 2.05) is 6.92 Å². The second-order valence-electron chi connectivity index (χ2n) is 3.39. The number of halogens is 3. The van der Waals surface area contributed by atoms with Crippen LogP contribution in [0.4, 0.5) is 13.2 Å². The van der Waals surface area contributed by atoms with E-state index in [-0.39, 0.29) is 19.7 Å². The minimum absolute atomic E-state index is 0.119. The molecule has 0 aromatic rings. The fraction of sp³-hybridized carbons (Fsp3) is 0.889. The third-order valence-electron chi connectivity index (χ3n) is 1.81. The Kier molecular flexibility index (Phi) is 7.07. The van der Waals surface area contributed by atoms with E-state index in [0.717, 1.165) is 6.42 Å². The third-order valence-corrected chi connectivity index (χ3v) is 1.81. The summed E-state index contributed by atoms with van der Waals surface area (Å²) in [5.41, 5.74) is 0. The molecule has 16 heavy (non-hydrogen) atoms. The van der Waals surface area contributed by atoms with Crippen LogP contribution in [0.1, 0.15) is 13.3 Å². The van der Waals surface area contributed by atoms with E-state index in [1.54, 1.807) is 10.2 Å². The first-order chi connectivity index (χ1) is 7.39. The van der Waals surface area contributed by atoms with Crippen LogP contribution in [0.3, 0.4) is 0 Å². The predicted octanol–water partition coefficient (Wildman–Crippen LogP) is 0.369. The van der Waals surface area contributed by atoms with Crippen LogP contribution >= 0.6 is 0 Å². The lowest BCUT2D eigenvalue weighted by Gasteiger charge is -2.20. The highest BCUT2D eigenvalue weighted by molar-refractivity contribution is 5.78. The lowest BCUT2D eigenvalue weighted by atomic mass is 10.4. The van der Waals surface area contributed by atoms with Crippen molar-refractivity contribution in [3.05, 3.63) is 0 Å². The van der Waals surface area contributed by atoms with Gasteiger partial charge in [-0.2, -0.15) is 13.2 Å². The maximum Gasteiger partial charge on any atom is 0.405 e. The summed E-state index contributed by atoms with van der Waals surface area (Å²) >= 11 is 0. The number of nitrogens with zero attached hydrogens (tertiary/aromatic N) is 1. The van der Waals surface area contributed by atoms with Gasteiger partial charge in [0.05, 0.1) is 13.2 Å². The maximum absolute atomic E-state index is 11.8. The summed E-state index contributed by atoms with van der Waals surface area (Å²) in [7, 11) is 0. The Morgan fingerprint density at radius 3 is 2.44 bits per heavy atom. The van der Waals surface area contributed by atoms with E-state index in [9.17, 15) is 18.0 Å². The molecule has 0 radical (unpaired) electrons. The monoisotopic (exact) mass is 242 g/mol. The molecule has 0 aliphatic rings. The van der Waals surface area contributed by atoms with Gasteiger partial charge in [0, 0.05) is 6.54 Å². The lowest BCUT2D eigenvalue weighted by molar-refractivity contribution is -0.139. The van der Waals surface area contributed by atoms with Gasteiger partial charge in [0.2, 0.25) is 5.91 Å². The molecule has 4 nitrogen and oxygen atoms in total. The van der Waals surface area contributed by atoms with Crippen LogP contribution in [0.15, 0.2) is 0 Å². The summed E-state index contributed by atoms with van der Waals surface area (Å²) in [6.07, 6.45) is -3.62. The highest BCUT2D eigenvalue weighted by atomic mass is 19.4. The molecule has 0 rings (SSSR count). The summed E-state index contributed by atoms with van der Waals surface area (Å²) in [5.74, 6) is -0.681. The first-order valence-corrected chi connectivity index (χ1v) is 5.05. The zero-order valence-corrected chi connectivity index (χ0v) is 9.18. The summed E-state index contributed by atoms with van der Waals surface area (Å²) in [6.45, 7) is 1.19. The maximum atomic E-state index is 11.8. The number of rotatable bonds is 7. The summed E-state index contributed by atoms with van der Waals surface area (Å²) in [6, 6.07) is 0. The number of carbonyl (C=O) groups excluding carboxylic acids is 1. The molecule has 0 spiro atoms. The fourth-order valence-electron chi connectivity index (χ4n) is 1.19. The van der Waals surface area contributed by atoms with Gasteiger partial charge in [-0.3, -0.25) is 9.69 Å². The molecular weight excluding hydrogens is 225 g/mol. The summed E-state index contributed by atoms with van der Waals surface area (Å²) in [5, 5.41) is 10.5. The normalized spacial score (nSPS) is 11.9. The van der Waals surface area contributed by atoms with E-state index < -0.39 is 18.6 Å². The van der Waals surface area contributed by atoms with Crippen molar-refractivity contribution in [2.24, 2.45) is 0 Å². The Hall–Kier alpha value is -0.820. The van der Waals surface area contributed by atoms with Gasteiger partial charge in [0.15, 0.2) is 0 Å². The van der Waals surface area contributed by atoms with Crippen LogP contribution in [-0.4, -0.2) is 54.9 Å². The average molecular weight is 242 g/mol. The average Bonchev–Trinajstić information content (AvgIpc) is 2.14. The van der Waals surface area contributed by atoms with Gasteiger partial charge in [-0.05, 0) is 13.0 Å². The fourth-order valence-corrected chi connectivity index (χ4v) is 1.19. The van der Waals surface area contributed by atoms with Crippen molar-refractivity contribution in [1.29, 1.82) is 0 Å². The molecule has 0 unspecified atom stereocenters. The SMILES string of the molecule is CCCN(CCO)CC(=O)NCC(F)(F)F. The van der Waals surface area contributed by atoms with Crippen molar-refractivity contribution >= 4 is 5.91 Å². The van der Waals surface area contributed by atoms with Crippen molar-refractivity contribution in [2.45, 2.75) is 19.5 Å². The zero-order valence-electron chi connectivity index (χ0n) is 9.18. The number of alkyl halides is 3. The van der Waals surface area contributed by atoms with Crippen LogP contribution in [0.25, 0.3) is 0 Å². The van der Waals surface area contributed by atoms with Crippen molar-refractivity contribution in [3.63, 3.8) is 0 Å². The topological polar surface area (TPSA) is 52.6 Å². The van der Waals surface area contributed by atoms with Gasteiger partial charge >= 0.3 is 6.18 Å². The molecule has 0 aromatic carbocycles. The quantitative estimate of drug-likeness (QED) is 0.678. The minimum Gasteiger partial charge on any atom is -0.395 e. The standard InChI is InChI=1S/C9H17F3N2O2/c1-2-3-14(4-5-15)6-8(16)13-7-9(10,11)12/h15H,2-7H2,1H3,(H,13,16). The second-order valence-corrected chi connectivity index (χ2v) is 3.39. The van der Waals surface area contributed by atoms with Gasteiger partial charge in [-0.25, -0.2) is 0 Å². The number of carbonyl (C=O) groups is 1. The van der Waals surface area contributed by atoms with Crippen molar-refractivity contribution < 1.29 is 23.1 Å². The Labute approximate surface area is 92.4 Å². The molecule has 96 valence electrons. The number of hydrogen-bond acceptors (Lipinski definition) is 3. The first-order valence-electron chi connectivity index (χ1n) is 5.05. The molecule has 7 heteroatoms. The van der Waals surface area contributed by atoms with Crippen molar-refractivity contribution in [3.8, 4) is 0 Å². The van der Waals surface area contributed by atoms with Crippen molar-refractivity contribution in [1.82, 2.24) is 10.2 Å². The van der Waals surface area contributed by atoms with E-state index in [0.29, 0.717) is 6.54 Å². The smallest absolute Gasteiger partial charge is 0.395 e. The molecule has 0 fully saturated rings. The minimum atomic E-state index is -4.39. The van der Waals surface area contributed by atoms with E-state index in [4.69, 9.17) is 5.11 Å². The molecule has 2 N–H and O–H groups in total. The van der Waals surface area contributed by atoms with Crippen LogP contribution in [0.5, 0.6) is 0 Å². The van der Waals surface area contributed by atoms with Gasteiger partial charge < -0.3 is 10.4 Å². The van der Waals surface area contributed by atoms with E-state index in [1.165, 1.54) is 0 Å². The molecule has 0 aromatic heterocycles. The summed E-state index contributed by atoms with van der Waals surface area (Å²) in [4.78, 5) is 12.7. The van der Waals surface area contributed by atoms with Crippen molar-refractivity contribution in [2.75, 3.05) is 32.8 Å². The number of aliphatic hydroxyl groups excluding tert-OH is 1. The second kappa shape index (κ2) is 7.45. The number of aliphatic hydroxyl groups is 1. The Bertz CT molecular complexity index is 203. The molecular formula is C9H17F3N2O2. The van der Waals surface area contributed by atoms with E-state index >= 15 is 0 Å². The molecule has 0 bridgehead atoms. The molecule has 0 saturated carbocycles. The van der Waals surface area contributed by atoms with Crippen LogP contribution in [0.2, 0.25) is 0 Å². The predicted molar refractivity (Wildman–Crippen MR) is 52.9 cm³/mol. The van der Waals surface area contributed by atoms with Gasteiger partial charge in [0.25, 0.3) is 0 Å². The molecule has 0 saturated heterocycles. The van der Waals surface area contributed by atoms with Gasteiger partial charge in [-0.1, -0.05) is 6.92 Å². The van der Waals surface area contributed by atoms with Crippen LogP contribution in [0, 0.1) is 0 Å². The molecule has 0 heterocycles. The zero-order chi connectivity index (χ0) is 12.6. The Morgan fingerprint density at radius 2 is 2.00 bits per heavy atom. The van der Waals surface area contributed by atoms with Crippen LogP contribution < -0.4 is 5.32 Å². The Morgan fingerprint density at radius 1 is 1.38 bits per heavy atom. The van der Waals surface area contributed by atoms with Gasteiger partial charge in [-0.15, -0.1) is 0 Å². The van der Waals surface area contributed by atoms with Gasteiger partial charge in [0.1, 0.15) is 6.54 Å². The number of amides is 1. The van der Waals surface area contributed by atoms with E-state index in [2.05, 4.69) is 0 Å². The number of nitrogens with one attached hydrogen (secondary N) is 1. The lowest BCUT2D eigenvalue weighted by Crippen LogP contribution is -2.42. The molecule has 1 amide bonds. The summed E-state index contributed by atoms with van der Waals surface area (Å²) < 4.78 is 35.3. The molecule has 0 aliphatic heterocycles. The van der Waals surface area contributed by atoms with Crippen LogP contribution in [-0.2, 0) is 4.79 Å². The highest BCUT2D eigenvalue weighted by Gasteiger charge is 2.27. The third kappa shape index (κ3) is 8.49. The molecule has 0 atom stereocenters. The first kappa shape index (κ1) is 15.2. The Balaban J connectivity index is 3.90. The molecule has 0 aliphatic carbocycles.